The molecular weight excluding hydrogens is 456 g/mol. The standard InChI is InChI=1S/C30H42O6/c1-8-21(4)22(5)33-19-20-34-23(6)35-28(31)26-15-11-24(12-16-26)25-13-17-27(18-14-25)29(32)36-30(7,9-2)10-3/h11-18,21-23H,8-10,19-20H2,1-7H3. The van der Waals surface area contributed by atoms with Gasteiger partial charge in [-0.3, -0.25) is 0 Å². The lowest BCUT2D eigenvalue weighted by Crippen LogP contribution is -2.30. The quantitative estimate of drug-likeness (QED) is 0.158. The number of rotatable bonds is 14. The van der Waals surface area contributed by atoms with Gasteiger partial charge in [0.25, 0.3) is 0 Å². The first kappa shape index (κ1) is 29.5. The van der Waals surface area contributed by atoms with Crippen molar-refractivity contribution in [2.75, 3.05) is 13.2 Å². The Bertz CT molecular complexity index is 946. The molecule has 6 nitrogen and oxygen atoms in total. The molecule has 0 bridgehead atoms. The fraction of sp³-hybridized carbons (Fsp3) is 0.533. The average Bonchev–Trinajstić information content (AvgIpc) is 2.90. The third-order valence-electron chi connectivity index (χ3n) is 6.94. The first-order chi connectivity index (χ1) is 17.1. The fourth-order valence-corrected chi connectivity index (χ4v) is 3.47. The van der Waals surface area contributed by atoms with E-state index in [4.69, 9.17) is 18.9 Å². The summed E-state index contributed by atoms with van der Waals surface area (Å²) < 4.78 is 22.4. The predicted octanol–water partition coefficient (Wildman–Crippen LogP) is 7.06. The Morgan fingerprint density at radius 3 is 1.69 bits per heavy atom. The molecule has 0 radical (unpaired) electrons. The van der Waals surface area contributed by atoms with Crippen LogP contribution in [0.3, 0.4) is 0 Å². The lowest BCUT2D eigenvalue weighted by Gasteiger charge is -2.26. The molecule has 0 heterocycles. The van der Waals surface area contributed by atoms with Crippen molar-refractivity contribution in [2.24, 2.45) is 5.92 Å². The molecule has 2 aromatic rings. The van der Waals surface area contributed by atoms with E-state index in [9.17, 15) is 9.59 Å². The van der Waals surface area contributed by atoms with Gasteiger partial charge in [0.15, 0.2) is 0 Å². The van der Waals surface area contributed by atoms with Crippen molar-refractivity contribution in [2.45, 2.75) is 85.7 Å². The van der Waals surface area contributed by atoms with Crippen molar-refractivity contribution in [1.29, 1.82) is 0 Å². The molecule has 0 aliphatic rings. The average molecular weight is 499 g/mol. The van der Waals surface area contributed by atoms with Gasteiger partial charge in [-0.15, -0.1) is 0 Å². The zero-order chi connectivity index (χ0) is 26.7. The van der Waals surface area contributed by atoms with E-state index in [0.29, 0.717) is 30.3 Å². The van der Waals surface area contributed by atoms with E-state index in [1.54, 1.807) is 31.2 Å². The Morgan fingerprint density at radius 1 is 0.750 bits per heavy atom. The topological polar surface area (TPSA) is 71.1 Å². The van der Waals surface area contributed by atoms with Crippen LogP contribution in [0.5, 0.6) is 0 Å². The van der Waals surface area contributed by atoms with E-state index in [0.717, 1.165) is 30.4 Å². The minimum absolute atomic E-state index is 0.165. The van der Waals surface area contributed by atoms with E-state index >= 15 is 0 Å². The summed E-state index contributed by atoms with van der Waals surface area (Å²) >= 11 is 0. The monoisotopic (exact) mass is 498 g/mol. The van der Waals surface area contributed by atoms with Gasteiger partial charge in [-0.2, -0.15) is 0 Å². The first-order valence-electron chi connectivity index (χ1n) is 13.0. The van der Waals surface area contributed by atoms with Crippen LogP contribution in [0.15, 0.2) is 48.5 Å². The zero-order valence-corrected chi connectivity index (χ0v) is 22.8. The summed E-state index contributed by atoms with van der Waals surface area (Å²) in [5, 5.41) is 0. The molecule has 3 unspecified atom stereocenters. The minimum Gasteiger partial charge on any atom is -0.456 e. The SMILES string of the molecule is CCC(C)C(C)OCCOC(C)OC(=O)c1ccc(-c2ccc(C(=O)OC(C)(CC)CC)cc2)cc1. The third kappa shape index (κ3) is 8.75. The summed E-state index contributed by atoms with van der Waals surface area (Å²) in [5.41, 5.74) is 2.36. The van der Waals surface area contributed by atoms with Crippen LogP contribution in [-0.2, 0) is 18.9 Å². The maximum absolute atomic E-state index is 12.5. The van der Waals surface area contributed by atoms with Crippen molar-refractivity contribution in [1.82, 2.24) is 0 Å². The Morgan fingerprint density at radius 2 is 1.22 bits per heavy atom. The highest BCUT2D eigenvalue weighted by molar-refractivity contribution is 5.91. The molecule has 198 valence electrons. The summed E-state index contributed by atoms with van der Waals surface area (Å²) in [6.07, 6.45) is 2.08. The first-order valence-corrected chi connectivity index (χ1v) is 13.0. The Balaban J connectivity index is 1.87. The second-order valence-corrected chi connectivity index (χ2v) is 9.51. The number of hydrogen-bond acceptors (Lipinski definition) is 6. The number of benzene rings is 2. The van der Waals surface area contributed by atoms with Gasteiger partial charge in [-0.25, -0.2) is 9.59 Å². The number of hydrogen-bond donors (Lipinski definition) is 0. The van der Waals surface area contributed by atoms with E-state index in [1.165, 1.54) is 0 Å². The van der Waals surface area contributed by atoms with Gasteiger partial charge < -0.3 is 18.9 Å². The molecule has 0 saturated carbocycles. The summed E-state index contributed by atoms with van der Waals surface area (Å²) in [5.74, 6) is -0.282. The number of carbonyl (C=O) groups excluding carboxylic acids is 2. The van der Waals surface area contributed by atoms with Crippen LogP contribution < -0.4 is 0 Å². The molecule has 0 N–H and O–H groups in total. The van der Waals surface area contributed by atoms with Crippen molar-refractivity contribution < 1.29 is 28.5 Å². The molecule has 0 fully saturated rings. The summed E-state index contributed by atoms with van der Waals surface area (Å²) in [7, 11) is 0. The fourth-order valence-electron chi connectivity index (χ4n) is 3.47. The van der Waals surface area contributed by atoms with Crippen molar-refractivity contribution in [3.05, 3.63) is 59.7 Å². The van der Waals surface area contributed by atoms with Gasteiger partial charge in [-0.1, -0.05) is 58.4 Å². The van der Waals surface area contributed by atoms with Crippen molar-refractivity contribution in [3.63, 3.8) is 0 Å². The summed E-state index contributed by atoms with van der Waals surface area (Å²) in [6.45, 7) is 14.8. The third-order valence-corrected chi connectivity index (χ3v) is 6.94. The molecule has 0 saturated heterocycles. The van der Waals surface area contributed by atoms with Crippen LogP contribution in [0.25, 0.3) is 11.1 Å². The molecule has 0 amide bonds. The largest absolute Gasteiger partial charge is 0.456 e. The van der Waals surface area contributed by atoms with Crippen molar-refractivity contribution >= 4 is 11.9 Å². The highest BCUT2D eigenvalue weighted by atomic mass is 16.7. The second kappa shape index (κ2) is 14.1. The molecule has 0 aromatic heterocycles. The highest BCUT2D eigenvalue weighted by Gasteiger charge is 2.25. The summed E-state index contributed by atoms with van der Waals surface area (Å²) in [6, 6.07) is 14.4. The highest BCUT2D eigenvalue weighted by Crippen LogP contribution is 2.24. The van der Waals surface area contributed by atoms with Crippen LogP contribution in [0, 0.1) is 5.92 Å². The second-order valence-electron chi connectivity index (χ2n) is 9.51. The van der Waals surface area contributed by atoms with Gasteiger partial charge in [0.2, 0.25) is 6.29 Å². The zero-order valence-electron chi connectivity index (χ0n) is 22.8. The number of ether oxygens (including phenoxy) is 4. The van der Waals surface area contributed by atoms with Crippen LogP contribution in [0.2, 0.25) is 0 Å². The van der Waals surface area contributed by atoms with Gasteiger partial charge in [0.1, 0.15) is 5.60 Å². The van der Waals surface area contributed by atoms with Crippen LogP contribution in [-0.4, -0.2) is 43.1 Å². The molecule has 36 heavy (non-hydrogen) atoms. The maximum atomic E-state index is 12.5. The summed E-state index contributed by atoms with van der Waals surface area (Å²) in [4.78, 5) is 25.0. The smallest absolute Gasteiger partial charge is 0.340 e. The molecule has 3 atom stereocenters. The maximum Gasteiger partial charge on any atom is 0.340 e. The predicted molar refractivity (Wildman–Crippen MR) is 142 cm³/mol. The Labute approximate surface area is 216 Å². The van der Waals surface area contributed by atoms with Crippen LogP contribution >= 0.6 is 0 Å². The van der Waals surface area contributed by atoms with E-state index in [2.05, 4.69) is 20.8 Å². The van der Waals surface area contributed by atoms with Crippen LogP contribution in [0.4, 0.5) is 0 Å². The van der Waals surface area contributed by atoms with E-state index in [-0.39, 0.29) is 12.1 Å². The van der Waals surface area contributed by atoms with Gasteiger partial charge in [0.05, 0.1) is 30.4 Å². The molecule has 2 rings (SSSR count). The molecular formula is C30H42O6. The minimum atomic E-state index is -0.672. The molecule has 0 spiro atoms. The van der Waals surface area contributed by atoms with Crippen LogP contribution in [0.1, 0.15) is 88.4 Å². The normalized spacial score (nSPS) is 14.1. The van der Waals surface area contributed by atoms with Crippen molar-refractivity contribution in [3.8, 4) is 11.1 Å². The Hall–Kier alpha value is -2.70. The van der Waals surface area contributed by atoms with Gasteiger partial charge in [0, 0.05) is 0 Å². The van der Waals surface area contributed by atoms with Gasteiger partial charge >= 0.3 is 11.9 Å². The van der Waals surface area contributed by atoms with E-state index < -0.39 is 17.9 Å². The number of carbonyl (C=O) groups is 2. The Kier molecular flexibility index (Phi) is 11.6. The molecule has 0 aliphatic carbocycles. The van der Waals surface area contributed by atoms with E-state index in [1.807, 2.05) is 45.0 Å². The number of esters is 2. The lowest BCUT2D eigenvalue weighted by atomic mass is 9.99. The molecule has 2 aromatic carbocycles. The lowest BCUT2D eigenvalue weighted by molar-refractivity contribution is -0.116. The van der Waals surface area contributed by atoms with Gasteiger partial charge in [-0.05, 0) is 74.9 Å². The molecule has 6 heteroatoms. The molecule has 0 aliphatic heterocycles.